The van der Waals surface area contributed by atoms with E-state index in [9.17, 15) is 18.0 Å². The first kappa shape index (κ1) is 28.8. The number of rotatable bonds is 6. The van der Waals surface area contributed by atoms with E-state index in [0.29, 0.717) is 41.6 Å². The Kier molecular flexibility index (Phi) is 7.86. The maximum Gasteiger partial charge on any atom is 0.233 e. The van der Waals surface area contributed by atoms with Gasteiger partial charge < -0.3 is 29.6 Å². The van der Waals surface area contributed by atoms with Gasteiger partial charge in [0, 0.05) is 49.7 Å². The number of carbonyl (C=O) groups is 1. The fourth-order valence-electron chi connectivity index (χ4n) is 5.05. The third kappa shape index (κ3) is 6.10. The van der Waals surface area contributed by atoms with Crippen LogP contribution >= 0.6 is 0 Å². The Hall–Kier alpha value is -4.33. The Bertz CT molecular complexity index is 1620. The number of piperazine rings is 1. The number of aromatic nitrogens is 4. The lowest BCUT2D eigenvalue weighted by atomic mass is 9.90. The number of benzene rings is 2. The van der Waals surface area contributed by atoms with Gasteiger partial charge in [-0.15, -0.1) is 0 Å². The highest BCUT2D eigenvalue weighted by Gasteiger charge is 2.43. The molecule has 0 saturated carbocycles. The Morgan fingerprint density at radius 1 is 0.977 bits per heavy atom. The van der Waals surface area contributed by atoms with Crippen LogP contribution in [0.5, 0.6) is 0 Å². The van der Waals surface area contributed by atoms with Crippen LogP contribution in [0.1, 0.15) is 19.0 Å². The second-order valence-electron chi connectivity index (χ2n) is 11.0. The summed E-state index contributed by atoms with van der Waals surface area (Å²) in [5, 5.41) is 2.87. The third-order valence-corrected chi connectivity index (χ3v) is 7.56. The minimum Gasteiger partial charge on any atom is -0.345 e. The number of H-pyrrole nitrogens is 1. The number of ether oxygens (including phenoxy) is 2. The Morgan fingerprint density at radius 3 is 2.40 bits per heavy atom. The summed E-state index contributed by atoms with van der Waals surface area (Å²) >= 11 is 0. The molecule has 0 unspecified atom stereocenters. The van der Waals surface area contributed by atoms with Crippen molar-refractivity contribution < 1.29 is 27.4 Å². The summed E-state index contributed by atoms with van der Waals surface area (Å²) in [6.45, 7) is 5.06. The molecule has 2 N–H and O–H groups in total. The van der Waals surface area contributed by atoms with Crippen LogP contribution in [0.2, 0.25) is 0 Å². The third-order valence-electron chi connectivity index (χ3n) is 7.56. The van der Waals surface area contributed by atoms with Crippen molar-refractivity contribution in [2.75, 3.05) is 51.8 Å². The van der Waals surface area contributed by atoms with Crippen molar-refractivity contribution in [3.05, 3.63) is 78.0 Å². The number of likely N-dealkylation sites (N-methyl/N-ethyl adjacent to an activating group) is 1. The van der Waals surface area contributed by atoms with Crippen LogP contribution in [0.3, 0.4) is 0 Å². The summed E-state index contributed by atoms with van der Waals surface area (Å²) in [6, 6.07) is 10.9. The van der Waals surface area contributed by atoms with Gasteiger partial charge in [-0.3, -0.25) is 4.79 Å². The van der Waals surface area contributed by atoms with Crippen LogP contribution in [-0.2, 0) is 14.3 Å². The molecule has 6 rings (SSSR count). The molecule has 2 aromatic heterocycles. The average molecular weight is 594 g/mol. The van der Waals surface area contributed by atoms with Gasteiger partial charge in [-0.1, -0.05) is 0 Å². The molecule has 0 radical (unpaired) electrons. The number of hydrogen-bond donors (Lipinski definition) is 2. The first-order valence-corrected chi connectivity index (χ1v) is 13.8. The quantitative estimate of drug-likeness (QED) is 0.336. The molecule has 224 valence electrons. The van der Waals surface area contributed by atoms with Crippen molar-refractivity contribution >= 4 is 17.5 Å². The lowest BCUT2D eigenvalue weighted by Crippen LogP contribution is -2.55. The van der Waals surface area contributed by atoms with Crippen LogP contribution in [0.15, 0.2) is 54.7 Å². The van der Waals surface area contributed by atoms with E-state index in [4.69, 9.17) is 14.5 Å². The van der Waals surface area contributed by atoms with Crippen molar-refractivity contribution in [2.45, 2.75) is 13.2 Å². The lowest BCUT2D eigenvalue weighted by Gasteiger charge is -2.41. The highest BCUT2D eigenvalue weighted by Crippen LogP contribution is 2.36. The van der Waals surface area contributed by atoms with Gasteiger partial charge in [0.1, 0.15) is 5.82 Å². The number of carbonyl (C=O) groups excluding carboxylic acids is 1. The van der Waals surface area contributed by atoms with Gasteiger partial charge in [0.2, 0.25) is 18.1 Å². The second-order valence-corrected chi connectivity index (χ2v) is 11.0. The molecular weight excluding hydrogens is 563 g/mol. The molecule has 2 aliphatic rings. The predicted molar refractivity (Wildman–Crippen MR) is 151 cm³/mol. The Balaban J connectivity index is 1.26. The SMILES string of the molecule is CN1CCN(C(=O)C2(C)COC(c3nc(-c4ccc(F)cc4)c(-c4ccnc(Nc5ccc(F)c(F)c5)n4)[nH]3)OC2)CC1. The highest BCUT2D eigenvalue weighted by molar-refractivity contribution is 5.83. The van der Waals surface area contributed by atoms with E-state index in [1.54, 1.807) is 18.2 Å². The molecule has 2 aliphatic heterocycles. The molecule has 13 heteroatoms. The van der Waals surface area contributed by atoms with Crippen LogP contribution in [-0.4, -0.2) is 82.1 Å². The smallest absolute Gasteiger partial charge is 0.233 e. The minimum atomic E-state index is -1.01. The summed E-state index contributed by atoms with van der Waals surface area (Å²) in [5.74, 6) is -1.90. The molecule has 2 saturated heterocycles. The van der Waals surface area contributed by atoms with E-state index in [-0.39, 0.29) is 30.8 Å². The average Bonchev–Trinajstić information content (AvgIpc) is 3.45. The summed E-state index contributed by atoms with van der Waals surface area (Å²) in [7, 11) is 2.03. The summed E-state index contributed by atoms with van der Waals surface area (Å²) < 4.78 is 53.0. The summed E-state index contributed by atoms with van der Waals surface area (Å²) in [6.07, 6.45) is 0.616. The summed E-state index contributed by atoms with van der Waals surface area (Å²) in [5.41, 5.74) is 1.39. The van der Waals surface area contributed by atoms with E-state index in [1.165, 1.54) is 24.4 Å². The zero-order valence-electron chi connectivity index (χ0n) is 23.6. The van der Waals surface area contributed by atoms with Gasteiger partial charge in [0.25, 0.3) is 0 Å². The maximum absolute atomic E-state index is 13.7. The van der Waals surface area contributed by atoms with E-state index in [2.05, 4.69) is 25.2 Å². The van der Waals surface area contributed by atoms with Gasteiger partial charge in [-0.25, -0.2) is 28.1 Å². The molecule has 2 aromatic carbocycles. The standard InChI is InChI=1S/C30H30F3N7O3/c1-30(28(41)40-13-11-39(2)12-14-40)16-42-27(43-17-30)26-37-24(18-3-5-19(31)6-4-18)25(38-26)23-9-10-34-29(36-23)35-20-7-8-21(32)22(33)15-20/h3-10,15,27H,11-14,16-17H2,1-2H3,(H,37,38)(H,34,35,36). The fourth-order valence-corrected chi connectivity index (χ4v) is 5.05. The van der Waals surface area contributed by atoms with Gasteiger partial charge in [0.15, 0.2) is 17.5 Å². The van der Waals surface area contributed by atoms with Crippen molar-refractivity contribution in [3.63, 3.8) is 0 Å². The van der Waals surface area contributed by atoms with Crippen LogP contribution in [0.4, 0.5) is 24.8 Å². The number of nitrogens with zero attached hydrogens (tertiary/aromatic N) is 5. The van der Waals surface area contributed by atoms with Crippen molar-refractivity contribution in [2.24, 2.45) is 5.41 Å². The Morgan fingerprint density at radius 2 is 1.70 bits per heavy atom. The minimum absolute atomic E-state index is 0.00626. The van der Waals surface area contributed by atoms with Crippen molar-refractivity contribution in [3.8, 4) is 22.6 Å². The van der Waals surface area contributed by atoms with Gasteiger partial charge in [-0.2, -0.15) is 0 Å². The van der Waals surface area contributed by atoms with E-state index in [1.807, 2.05) is 18.9 Å². The van der Waals surface area contributed by atoms with Gasteiger partial charge >= 0.3 is 0 Å². The maximum atomic E-state index is 13.7. The number of halogens is 3. The molecule has 10 nitrogen and oxygen atoms in total. The molecule has 0 aliphatic carbocycles. The lowest BCUT2D eigenvalue weighted by molar-refractivity contribution is -0.234. The normalized spacial score (nSPS) is 21.1. The molecular formula is C30H30F3N7O3. The highest BCUT2D eigenvalue weighted by atomic mass is 19.2. The number of nitrogens with one attached hydrogen (secondary N) is 2. The monoisotopic (exact) mass is 593 g/mol. The first-order chi connectivity index (χ1) is 20.7. The predicted octanol–water partition coefficient (Wildman–Crippen LogP) is 4.52. The number of anilines is 2. The first-order valence-electron chi connectivity index (χ1n) is 13.8. The molecule has 2 fully saturated rings. The van der Waals surface area contributed by atoms with E-state index >= 15 is 0 Å². The van der Waals surface area contributed by atoms with Crippen LogP contribution < -0.4 is 5.32 Å². The number of hydrogen-bond acceptors (Lipinski definition) is 8. The van der Waals surface area contributed by atoms with E-state index < -0.39 is 29.2 Å². The molecule has 4 heterocycles. The molecule has 0 spiro atoms. The largest absolute Gasteiger partial charge is 0.345 e. The van der Waals surface area contributed by atoms with Crippen molar-refractivity contribution in [1.82, 2.24) is 29.7 Å². The number of amides is 1. The van der Waals surface area contributed by atoms with Crippen molar-refractivity contribution in [1.29, 1.82) is 0 Å². The van der Waals surface area contributed by atoms with E-state index in [0.717, 1.165) is 25.2 Å². The molecule has 43 heavy (non-hydrogen) atoms. The van der Waals surface area contributed by atoms with Gasteiger partial charge in [-0.05, 0) is 56.4 Å². The molecule has 1 amide bonds. The Labute approximate surface area is 245 Å². The molecule has 4 aromatic rings. The van der Waals surface area contributed by atoms with Gasteiger partial charge in [0.05, 0.1) is 35.7 Å². The zero-order valence-corrected chi connectivity index (χ0v) is 23.6. The topological polar surface area (TPSA) is 109 Å². The second kappa shape index (κ2) is 11.7. The summed E-state index contributed by atoms with van der Waals surface area (Å²) in [4.78, 5) is 34.0. The number of aromatic amines is 1. The zero-order chi connectivity index (χ0) is 30.1. The fraction of sp³-hybridized carbons (Fsp3) is 0.333. The number of imidazole rings is 1. The van der Waals surface area contributed by atoms with Crippen LogP contribution in [0.25, 0.3) is 22.6 Å². The molecule has 0 atom stereocenters. The molecule has 0 bridgehead atoms. The van der Waals surface area contributed by atoms with Crippen LogP contribution in [0, 0.1) is 22.9 Å².